The molecule has 7 nitrogen and oxygen atoms in total. The van der Waals surface area contributed by atoms with E-state index < -0.39 is 0 Å². The predicted octanol–water partition coefficient (Wildman–Crippen LogP) is 2.90. The number of amides is 2. The maximum absolute atomic E-state index is 13.1. The minimum Gasteiger partial charge on any atom is -0.369 e. The number of primary amides is 1. The van der Waals surface area contributed by atoms with Crippen molar-refractivity contribution >= 4 is 34.9 Å². The van der Waals surface area contributed by atoms with Gasteiger partial charge in [0.25, 0.3) is 11.5 Å². The number of carbonyl (C=O) groups is 2. The lowest BCUT2D eigenvalue weighted by Crippen LogP contribution is -2.41. The third kappa shape index (κ3) is 3.85. The summed E-state index contributed by atoms with van der Waals surface area (Å²) in [5.41, 5.74) is 6.38. The fraction of sp³-hybridized carbons (Fsp3) is 0.524. The van der Waals surface area contributed by atoms with Crippen LogP contribution in [0.15, 0.2) is 23.0 Å². The number of nitrogens with zero attached hydrogens (tertiary/aromatic N) is 2. The molecule has 2 amide bonds. The van der Waals surface area contributed by atoms with Crippen molar-refractivity contribution in [1.82, 2.24) is 14.5 Å². The Kier molecular flexibility index (Phi) is 5.54. The fourth-order valence-corrected chi connectivity index (χ4v) is 4.93. The number of H-pyrrole nitrogens is 1. The van der Waals surface area contributed by atoms with Crippen molar-refractivity contribution in [2.75, 3.05) is 13.1 Å². The summed E-state index contributed by atoms with van der Waals surface area (Å²) < 4.78 is 2.13. The molecule has 0 unspecified atom stereocenters. The predicted molar refractivity (Wildman–Crippen MR) is 113 cm³/mol. The second-order valence-electron chi connectivity index (χ2n) is 8.13. The largest absolute Gasteiger partial charge is 0.369 e. The van der Waals surface area contributed by atoms with Crippen LogP contribution in [-0.2, 0) is 4.79 Å². The molecule has 154 valence electrons. The number of aromatic amines is 1. The molecule has 1 aromatic heterocycles. The molecule has 0 spiro atoms. The van der Waals surface area contributed by atoms with E-state index in [1.165, 1.54) is 6.42 Å². The van der Waals surface area contributed by atoms with Crippen molar-refractivity contribution in [3.63, 3.8) is 0 Å². The molecule has 2 fully saturated rings. The number of aromatic nitrogens is 2. The standard InChI is InChI=1S/C21H26N4O3S/c22-18(26)13-8-10-24(11-9-13)19(27)14-6-7-16-17(12-14)23-21(29)25(20(16)28)15-4-2-1-3-5-15/h6-7,12-13,15H,1-5,8-11H2,(H2,22,26)(H,23,29). The topological polar surface area (TPSA) is 101 Å². The van der Waals surface area contributed by atoms with E-state index in [1.807, 2.05) is 0 Å². The van der Waals surface area contributed by atoms with Gasteiger partial charge in [-0.15, -0.1) is 0 Å². The summed E-state index contributed by atoms with van der Waals surface area (Å²) in [5.74, 6) is -0.569. The van der Waals surface area contributed by atoms with E-state index in [2.05, 4.69) is 4.98 Å². The van der Waals surface area contributed by atoms with Crippen molar-refractivity contribution in [2.24, 2.45) is 11.7 Å². The molecule has 8 heteroatoms. The van der Waals surface area contributed by atoms with Gasteiger partial charge in [-0.05, 0) is 56.1 Å². The van der Waals surface area contributed by atoms with Gasteiger partial charge in [-0.3, -0.25) is 19.0 Å². The molecule has 1 aliphatic carbocycles. The lowest BCUT2D eigenvalue weighted by atomic mass is 9.95. The Bertz CT molecular complexity index is 1060. The van der Waals surface area contributed by atoms with Crippen molar-refractivity contribution in [3.05, 3.63) is 38.9 Å². The maximum Gasteiger partial charge on any atom is 0.262 e. The number of carbonyl (C=O) groups excluding carboxylic acids is 2. The number of fused-ring (bicyclic) bond motifs is 1. The molecule has 0 bridgehead atoms. The quantitative estimate of drug-likeness (QED) is 0.754. The van der Waals surface area contributed by atoms with Gasteiger partial charge < -0.3 is 15.6 Å². The van der Waals surface area contributed by atoms with Crippen molar-refractivity contribution < 1.29 is 9.59 Å². The highest BCUT2D eigenvalue weighted by molar-refractivity contribution is 7.71. The number of hydrogen-bond acceptors (Lipinski definition) is 4. The Morgan fingerprint density at radius 3 is 2.41 bits per heavy atom. The average molecular weight is 415 g/mol. The molecule has 0 atom stereocenters. The van der Waals surface area contributed by atoms with Crippen LogP contribution in [0.3, 0.4) is 0 Å². The molecule has 1 aliphatic heterocycles. The SMILES string of the molecule is NC(=O)C1CCN(C(=O)c2ccc3c(=O)n(C4CCCCC4)c(=S)[nH]c3c2)CC1. The summed E-state index contributed by atoms with van der Waals surface area (Å²) in [4.78, 5) is 42.2. The van der Waals surface area contributed by atoms with E-state index in [-0.39, 0.29) is 29.3 Å². The number of piperidine rings is 1. The summed E-state index contributed by atoms with van der Waals surface area (Å²) in [5, 5.41) is 0.549. The van der Waals surface area contributed by atoms with E-state index in [0.717, 1.165) is 25.7 Å². The summed E-state index contributed by atoms with van der Waals surface area (Å²) in [6, 6.07) is 5.28. The summed E-state index contributed by atoms with van der Waals surface area (Å²) >= 11 is 5.49. The number of benzene rings is 1. The molecule has 0 radical (unpaired) electrons. The van der Waals surface area contributed by atoms with E-state index in [9.17, 15) is 14.4 Å². The summed E-state index contributed by atoms with van der Waals surface area (Å²) in [6.07, 6.45) is 6.55. The molecular formula is C21H26N4O3S. The number of likely N-dealkylation sites (tertiary alicyclic amines) is 1. The van der Waals surface area contributed by atoms with E-state index in [0.29, 0.717) is 47.2 Å². The van der Waals surface area contributed by atoms with Crippen LogP contribution in [0.1, 0.15) is 61.3 Å². The molecule has 4 rings (SSSR count). The molecule has 1 aromatic carbocycles. The maximum atomic E-state index is 13.1. The number of rotatable bonds is 3. The van der Waals surface area contributed by atoms with Crippen LogP contribution in [-0.4, -0.2) is 39.4 Å². The molecule has 1 saturated heterocycles. The first kappa shape index (κ1) is 19.8. The van der Waals surface area contributed by atoms with E-state index >= 15 is 0 Å². The highest BCUT2D eigenvalue weighted by atomic mass is 32.1. The van der Waals surface area contributed by atoms with Gasteiger partial charge in [0.15, 0.2) is 4.77 Å². The van der Waals surface area contributed by atoms with Gasteiger partial charge in [-0.1, -0.05) is 19.3 Å². The molecule has 3 N–H and O–H groups in total. The van der Waals surface area contributed by atoms with Crippen molar-refractivity contribution in [3.8, 4) is 0 Å². The highest BCUT2D eigenvalue weighted by Crippen LogP contribution is 2.27. The van der Waals surface area contributed by atoms with E-state index in [4.69, 9.17) is 18.0 Å². The Labute approximate surface area is 173 Å². The number of nitrogens with one attached hydrogen (secondary N) is 1. The monoisotopic (exact) mass is 414 g/mol. The van der Waals surface area contributed by atoms with Gasteiger partial charge in [-0.2, -0.15) is 0 Å². The van der Waals surface area contributed by atoms with Gasteiger partial charge in [0, 0.05) is 30.6 Å². The number of nitrogens with two attached hydrogens (primary N) is 1. The average Bonchev–Trinajstić information content (AvgIpc) is 2.73. The van der Waals surface area contributed by atoms with Crippen LogP contribution in [0.2, 0.25) is 0 Å². The van der Waals surface area contributed by atoms with Gasteiger partial charge in [0.2, 0.25) is 5.91 Å². The van der Waals surface area contributed by atoms with Gasteiger partial charge in [0.1, 0.15) is 0 Å². The Morgan fingerprint density at radius 2 is 1.76 bits per heavy atom. The molecular weight excluding hydrogens is 388 g/mol. The van der Waals surface area contributed by atoms with Gasteiger partial charge >= 0.3 is 0 Å². The molecule has 29 heavy (non-hydrogen) atoms. The summed E-state index contributed by atoms with van der Waals surface area (Å²) in [7, 11) is 0. The molecule has 2 aliphatic rings. The first-order chi connectivity index (χ1) is 14.0. The van der Waals surface area contributed by atoms with Crippen molar-refractivity contribution in [1.29, 1.82) is 0 Å². The zero-order valence-electron chi connectivity index (χ0n) is 16.4. The molecule has 2 heterocycles. The minimum atomic E-state index is -0.301. The first-order valence-electron chi connectivity index (χ1n) is 10.3. The summed E-state index contributed by atoms with van der Waals surface area (Å²) in [6.45, 7) is 1.01. The highest BCUT2D eigenvalue weighted by Gasteiger charge is 2.27. The van der Waals surface area contributed by atoms with Crippen LogP contribution in [0.25, 0.3) is 10.9 Å². The smallest absolute Gasteiger partial charge is 0.262 e. The zero-order valence-corrected chi connectivity index (χ0v) is 17.2. The van der Waals surface area contributed by atoms with E-state index in [1.54, 1.807) is 27.7 Å². The lowest BCUT2D eigenvalue weighted by Gasteiger charge is -2.30. The van der Waals surface area contributed by atoms with Gasteiger partial charge in [0.05, 0.1) is 10.9 Å². The number of hydrogen-bond donors (Lipinski definition) is 2. The second-order valence-corrected chi connectivity index (χ2v) is 8.51. The Hall–Kier alpha value is -2.48. The van der Waals surface area contributed by atoms with Crippen LogP contribution in [0, 0.1) is 10.7 Å². The van der Waals surface area contributed by atoms with Gasteiger partial charge in [-0.25, -0.2) is 0 Å². The third-order valence-electron chi connectivity index (χ3n) is 6.30. The minimum absolute atomic E-state index is 0.0862. The Morgan fingerprint density at radius 1 is 1.07 bits per heavy atom. The fourth-order valence-electron chi connectivity index (χ4n) is 4.59. The lowest BCUT2D eigenvalue weighted by molar-refractivity contribution is -0.123. The second kappa shape index (κ2) is 8.10. The van der Waals surface area contributed by atoms with Crippen LogP contribution >= 0.6 is 12.2 Å². The zero-order chi connectivity index (χ0) is 20.5. The molecule has 1 saturated carbocycles. The van der Waals surface area contributed by atoms with Crippen LogP contribution in [0.5, 0.6) is 0 Å². The van der Waals surface area contributed by atoms with Crippen molar-refractivity contribution in [2.45, 2.75) is 51.0 Å². The van der Waals surface area contributed by atoms with Crippen LogP contribution in [0.4, 0.5) is 0 Å². The van der Waals surface area contributed by atoms with Crippen LogP contribution < -0.4 is 11.3 Å². The Balaban J connectivity index is 1.61. The third-order valence-corrected chi connectivity index (χ3v) is 6.60. The normalized spacial score (nSPS) is 18.8. The first-order valence-corrected chi connectivity index (χ1v) is 10.7. The molecule has 2 aromatic rings.